The molecule has 2 nitrogen and oxygen atoms in total. The van der Waals surface area contributed by atoms with Crippen molar-refractivity contribution in [2.24, 2.45) is 5.92 Å². The van der Waals surface area contributed by atoms with Crippen LogP contribution in [-0.2, 0) is 6.54 Å². The van der Waals surface area contributed by atoms with E-state index in [9.17, 15) is 0 Å². The average molecular weight is 177 g/mol. The molecular formula is C11H17N2. The third kappa shape index (κ3) is 2.11. The number of aromatic nitrogens is 2. The maximum absolute atomic E-state index is 4.12. The molecular weight excluding hydrogens is 160 g/mol. The second kappa shape index (κ2) is 3.95. The Balaban J connectivity index is 1.93. The quantitative estimate of drug-likeness (QED) is 0.679. The topological polar surface area (TPSA) is 17.8 Å². The molecule has 13 heavy (non-hydrogen) atoms. The predicted molar refractivity (Wildman–Crippen MR) is 52.4 cm³/mol. The average Bonchev–Trinajstić information content (AvgIpc) is 2.54. The first-order valence-electron chi connectivity index (χ1n) is 5.26. The Morgan fingerprint density at radius 1 is 1.46 bits per heavy atom. The van der Waals surface area contributed by atoms with Crippen LogP contribution in [0, 0.1) is 19.0 Å². The van der Waals surface area contributed by atoms with Gasteiger partial charge in [0.25, 0.3) is 0 Å². The number of hydrogen-bond donors (Lipinski definition) is 0. The second-order valence-corrected chi connectivity index (χ2v) is 4.07. The van der Waals surface area contributed by atoms with Crippen molar-refractivity contribution >= 4 is 0 Å². The van der Waals surface area contributed by atoms with Gasteiger partial charge in [-0.3, -0.25) is 0 Å². The molecule has 1 radical (unpaired) electrons. The third-order valence-corrected chi connectivity index (χ3v) is 3.04. The van der Waals surface area contributed by atoms with Gasteiger partial charge in [0.2, 0.25) is 0 Å². The number of nitrogens with zero attached hydrogens (tertiary/aromatic N) is 2. The molecule has 1 fully saturated rings. The molecule has 1 saturated carbocycles. The third-order valence-electron chi connectivity index (χ3n) is 3.04. The summed E-state index contributed by atoms with van der Waals surface area (Å²) in [5.41, 5.74) is 0. The van der Waals surface area contributed by atoms with E-state index >= 15 is 0 Å². The second-order valence-electron chi connectivity index (χ2n) is 4.07. The van der Waals surface area contributed by atoms with Gasteiger partial charge in [0.1, 0.15) is 12.0 Å². The van der Waals surface area contributed by atoms with Crippen LogP contribution in [0.25, 0.3) is 0 Å². The smallest absolute Gasteiger partial charge is 0.109 e. The van der Waals surface area contributed by atoms with Crippen LogP contribution in [0.3, 0.4) is 0 Å². The highest BCUT2D eigenvalue weighted by molar-refractivity contribution is 4.87. The van der Waals surface area contributed by atoms with Crippen molar-refractivity contribution in [1.82, 2.24) is 9.55 Å². The summed E-state index contributed by atoms with van der Waals surface area (Å²) < 4.78 is 2.23. The minimum Gasteiger partial charge on any atom is -0.334 e. The van der Waals surface area contributed by atoms with Gasteiger partial charge in [0.05, 0.1) is 0 Å². The Bertz CT molecular complexity index is 259. The number of imidazole rings is 1. The molecule has 2 rings (SSSR count). The van der Waals surface area contributed by atoms with Crippen molar-refractivity contribution in [3.8, 4) is 0 Å². The molecule has 0 bridgehead atoms. The minimum absolute atomic E-state index is 0.884. The lowest BCUT2D eigenvalue weighted by Gasteiger charge is -2.22. The summed E-state index contributed by atoms with van der Waals surface area (Å²) in [5, 5.41) is 0. The lowest BCUT2D eigenvalue weighted by atomic mass is 9.89. The van der Waals surface area contributed by atoms with E-state index in [1.54, 1.807) is 0 Å². The maximum atomic E-state index is 4.12. The SMILES string of the molecule is Cc1n[c]cn1CC1CCCCC1. The first kappa shape index (κ1) is 8.79. The first-order chi connectivity index (χ1) is 6.36. The Labute approximate surface area is 80.0 Å². The van der Waals surface area contributed by atoms with E-state index in [2.05, 4.69) is 22.7 Å². The zero-order chi connectivity index (χ0) is 9.10. The summed E-state index contributed by atoms with van der Waals surface area (Å²) in [4.78, 5) is 4.12. The van der Waals surface area contributed by atoms with Crippen LogP contribution in [0.15, 0.2) is 6.20 Å². The monoisotopic (exact) mass is 177 g/mol. The predicted octanol–water partition coefficient (Wildman–Crippen LogP) is 2.57. The van der Waals surface area contributed by atoms with E-state index < -0.39 is 0 Å². The van der Waals surface area contributed by atoms with Crippen molar-refractivity contribution in [2.75, 3.05) is 0 Å². The number of rotatable bonds is 2. The summed E-state index contributed by atoms with van der Waals surface area (Å²) in [7, 11) is 0. The fourth-order valence-corrected chi connectivity index (χ4v) is 2.18. The molecule has 71 valence electrons. The van der Waals surface area contributed by atoms with E-state index in [4.69, 9.17) is 0 Å². The zero-order valence-electron chi connectivity index (χ0n) is 8.29. The van der Waals surface area contributed by atoms with Crippen LogP contribution < -0.4 is 0 Å². The summed E-state index contributed by atoms with van der Waals surface area (Å²) in [6, 6.07) is 0. The Hall–Kier alpha value is -0.790. The number of aryl methyl sites for hydroxylation is 1. The fourth-order valence-electron chi connectivity index (χ4n) is 2.18. The van der Waals surface area contributed by atoms with Crippen LogP contribution in [0.2, 0.25) is 0 Å². The zero-order valence-corrected chi connectivity index (χ0v) is 8.29. The highest BCUT2D eigenvalue weighted by atomic mass is 15.1. The molecule has 0 atom stereocenters. The highest BCUT2D eigenvalue weighted by Crippen LogP contribution is 2.25. The maximum Gasteiger partial charge on any atom is 0.109 e. The van der Waals surface area contributed by atoms with E-state index in [0.29, 0.717) is 0 Å². The highest BCUT2D eigenvalue weighted by Gasteiger charge is 2.14. The van der Waals surface area contributed by atoms with E-state index in [1.165, 1.54) is 32.1 Å². The van der Waals surface area contributed by atoms with Gasteiger partial charge < -0.3 is 4.57 Å². The van der Waals surface area contributed by atoms with E-state index in [-0.39, 0.29) is 0 Å². The molecule has 1 aliphatic carbocycles. The molecule has 0 aromatic carbocycles. The summed E-state index contributed by atoms with van der Waals surface area (Å²) in [6.07, 6.45) is 12.0. The van der Waals surface area contributed by atoms with Gasteiger partial charge >= 0.3 is 0 Å². The Morgan fingerprint density at radius 2 is 2.23 bits per heavy atom. The molecule has 0 spiro atoms. The molecule has 0 amide bonds. The van der Waals surface area contributed by atoms with Gasteiger partial charge in [-0.15, -0.1) is 0 Å². The Morgan fingerprint density at radius 3 is 2.85 bits per heavy atom. The van der Waals surface area contributed by atoms with Crippen LogP contribution in [0.4, 0.5) is 0 Å². The lowest BCUT2D eigenvalue weighted by Crippen LogP contribution is -2.14. The summed E-state index contributed by atoms with van der Waals surface area (Å²) in [5.74, 6) is 1.99. The molecule has 0 N–H and O–H groups in total. The minimum atomic E-state index is 0.884. The molecule has 0 saturated heterocycles. The van der Waals surface area contributed by atoms with Crippen LogP contribution >= 0.6 is 0 Å². The van der Waals surface area contributed by atoms with Crippen LogP contribution in [0.1, 0.15) is 37.9 Å². The number of hydrogen-bond acceptors (Lipinski definition) is 1. The van der Waals surface area contributed by atoms with Crippen molar-refractivity contribution in [1.29, 1.82) is 0 Å². The summed E-state index contributed by atoms with van der Waals surface area (Å²) >= 11 is 0. The van der Waals surface area contributed by atoms with Gasteiger partial charge in [-0.2, -0.15) is 0 Å². The molecule has 1 aliphatic rings. The summed E-state index contributed by atoms with van der Waals surface area (Å²) in [6.45, 7) is 3.21. The van der Waals surface area contributed by atoms with Crippen LogP contribution in [-0.4, -0.2) is 9.55 Å². The lowest BCUT2D eigenvalue weighted by molar-refractivity contribution is 0.317. The van der Waals surface area contributed by atoms with Gasteiger partial charge in [-0.05, 0) is 25.7 Å². The van der Waals surface area contributed by atoms with Gasteiger partial charge in [-0.25, -0.2) is 4.98 Å². The van der Waals surface area contributed by atoms with Gasteiger partial charge in [0, 0.05) is 12.7 Å². The largest absolute Gasteiger partial charge is 0.334 e. The fraction of sp³-hybridized carbons (Fsp3) is 0.727. The molecule has 0 unspecified atom stereocenters. The van der Waals surface area contributed by atoms with E-state index in [1.807, 2.05) is 6.20 Å². The van der Waals surface area contributed by atoms with Crippen molar-refractivity contribution in [3.05, 3.63) is 18.2 Å². The van der Waals surface area contributed by atoms with Crippen molar-refractivity contribution < 1.29 is 0 Å². The first-order valence-corrected chi connectivity index (χ1v) is 5.26. The Kier molecular flexibility index (Phi) is 2.67. The van der Waals surface area contributed by atoms with Crippen molar-refractivity contribution in [2.45, 2.75) is 45.6 Å². The molecule has 0 aliphatic heterocycles. The molecule has 1 heterocycles. The van der Waals surface area contributed by atoms with Gasteiger partial charge in [0.15, 0.2) is 0 Å². The molecule has 1 aromatic rings. The van der Waals surface area contributed by atoms with Gasteiger partial charge in [-0.1, -0.05) is 19.3 Å². The molecule has 1 aromatic heterocycles. The van der Waals surface area contributed by atoms with Crippen LogP contribution in [0.5, 0.6) is 0 Å². The van der Waals surface area contributed by atoms with E-state index in [0.717, 1.165) is 18.3 Å². The van der Waals surface area contributed by atoms with Crippen molar-refractivity contribution in [3.63, 3.8) is 0 Å². The standard InChI is InChI=1S/C11H17N2/c1-10-12-7-8-13(10)9-11-5-3-2-4-6-11/h8,11H,2-6,9H2,1H3. The molecule has 2 heteroatoms. The normalized spacial score (nSPS) is 19.2.